The van der Waals surface area contributed by atoms with Gasteiger partial charge in [-0.25, -0.2) is 4.98 Å². The minimum atomic E-state index is -4.57. The molecule has 0 saturated carbocycles. The van der Waals surface area contributed by atoms with Gasteiger partial charge in [-0.2, -0.15) is 22.9 Å². The monoisotopic (exact) mass is 808 g/mol. The Hall–Kier alpha value is -3.79. The van der Waals surface area contributed by atoms with Gasteiger partial charge < -0.3 is 10.1 Å². The number of hydrogen-bond donors (Lipinski definition) is 1. The highest BCUT2D eigenvalue weighted by molar-refractivity contribution is 14.1. The standard InChI is InChI=1S/C31H21F3I2N4O3/c1-18-9-11-22(12-10-18)38-27(41)17-43-28-24(35)13-19(14-25(28)36)16-37-40-29(20-5-4-6-21(15-20)31(32,33)34)39-26-8-3-2-7-23(26)30(40)42/h2-16H,17H2,1H3,(H,38,41). The largest absolute Gasteiger partial charge is 0.482 e. The summed E-state index contributed by atoms with van der Waals surface area (Å²) < 4.78 is 48.5. The van der Waals surface area contributed by atoms with Crippen molar-refractivity contribution in [3.05, 3.63) is 119 Å². The zero-order valence-corrected chi connectivity index (χ0v) is 26.6. The molecular weight excluding hydrogens is 787 g/mol. The Bertz CT molecular complexity index is 1900. The zero-order valence-electron chi connectivity index (χ0n) is 22.3. The topological polar surface area (TPSA) is 85.6 Å². The number of ether oxygens (including phenoxy) is 1. The van der Waals surface area contributed by atoms with Crippen molar-refractivity contribution in [3.63, 3.8) is 0 Å². The molecule has 0 fully saturated rings. The molecule has 5 aromatic rings. The third-order valence-electron chi connectivity index (χ3n) is 6.23. The molecule has 0 spiro atoms. The number of nitrogens with one attached hydrogen (secondary N) is 1. The van der Waals surface area contributed by atoms with Crippen molar-refractivity contribution in [1.82, 2.24) is 9.66 Å². The predicted octanol–water partition coefficient (Wildman–Crippen LogP) is 7.50. The first kappa shape index (κ1) is 30.7. The average molecular weight is 808 g/mol. The van der Waals surface area contributed by atoms with E-state index in [1.165, 1.54) is 18.3 Å². The van der Waals surface area contributed by atoms with Gasteiger partial charge in [-0.15, -0.1) is 0 Å². The summed E-state index contributed by atoms with van der Waals surface area (Å²) in [4.78, 5) is 30.3. The third kappa shape index (κ3) is 7.24. The lowest BCUT2D eigenvalue weighted by Crippen LogP contribution is -2.21. The first-order valence-electron chi connectivity index (χ1n) is 12.7. The van der Waals surface area contributed by atoms with E-state index in [4.69, 9.17) is 4.74 Å². The second-order valence-electron chi connectivity index (χ2n) is 9.41. The second-order valence-corrected chi connectivity index (χ2v) is 11.7. The number of amides is 1. The van der Waals surface area contributed by atoms with Crippen LogP contribution in [0.5, 0.6) is 5.75 Å². The number of rotatable bonds is 7. The number of carbonyl (C=O) groups is 1. The molecule has 0 atom stereocenters. The van der Waals surface area contributed by atoms with Crippen LogP contribution in [0.2, 0.25) is 0 Å². The Morgan fingerprint density at radius 3 is 2.40 bits per heavy atom. The number of carbonyl (C=O) groups excluding carboxylic acids is 1. The number of alkyl halides is 3. The molecule has 43 heavy (non-hydrogen) atoms. The molecule has 0 aliphatic rings. The van der Waals surface area contributed by atoms with Gasteiger partial charge in [-0.1, -0.05) is 42.0 Å². The molecule has 0 saturated heterocycles. The van der Waals surface area contributed by atoms with E-state index in [1.54, 1.807) is 36.4 Å². The zero-order chi connectivity index (χ0) is 30.7. The molecule has 0 radical (unpaired) electrons. The van der Waals surface area contributed by atoms with Gasteiger partial charge in [0.25, 0.3) is 11.5 Å². The number of fused-ring (bicyclic) bond motifs is 1. The Kier molecular flexibility index (Phi) is 9.15. The number of hydrogen-bond acceptors (Lipinski definition) is 5. The van der Waals surface area contributed by atoms with Crippen molar-refractivity contribution in [1.29, 1.82) is 0 Å². The summed E-state index contributed by atoms with van der Waals surface area (Å²) in [5.74, 6) is 0.160. The van der Waals surface area contributed by atoms with Gasteiger partial charge >= 0.3 is 6.18 Å². The number of aromatic nitrogens is 2. The number of halogens is 5. The van der Waals surface area contributed by atoms with Crippen LogP contribution in [0, 0.1) is 14.1 Å². The fraction of sp³-hybridized carbons (Fsp3) is 0.0968. The van der Waals surface area contributed by atoms with Crippen LogP contribution in [0.4, 0.5) is 18.9 Å². The van der Waals surface area contributed by atoms with Gasteiger partial charge in [0.2, 0.25) is 0 Å². The van der Waals surface area contributed by atoms with Crippen molar-refractivity contribution in [2.24, 2.45) is 5.10 Å². The van der Waals surface area contributed by atoms with Crippen molar-refractivity contribution in [2.75, 3.05) is 11.9 Å². The van der Waals surface area contributed by atoms with E-state index in [0.29, 0.717) is 29.7 Å². The van der Waals surface area contributed by atoms with Crippen LogP contribution in [-0.4, -0.2) is 28.4 Å². The van der Waals surface area contributed by atoms with Gasteiger partial charge in [0.1, 0.15) is 5.75 Å². The van der Waals surface area contributed by atoms with Crippen LogP contribution in [0.25, 0.3) is 22.3 Å². The summed E-state index contributed by atoms with van der Waals surface area (Å²) in [6.07, 6.45) is -3.15. The van der Waals surface area contributed by atoms with Crippen molar-refractivity contribution < 1.29 is 22.7 Å². The Balaban J connectivity index is 1.44. The number of para-hydroxylation sites is 1. The smallest absolute Gasteiger partial charge is 0.416 e. The fourth-order valence-electron chi connectivity index (χ4n) is 4.14. The van der Waals surface area contributed by atoms with E-state index < -0.39 is 17.3 Å². The Morgan fingerprint density at radius 1 is 1.00 bits per heavy atom. The lowest BCUT2D eigenvalue weighted by atomic mass is 10.1. The molecule has 7 nitrogen and oxygen atoms in total. The minimum absolute atomic E-state index is 0.0324. The molecule has 0 unspecified atom stereocenters. The Labute approximate surface area is 271 Å². The van der Waals surface area contributed by atoms with Crippen molar-refractivity contribution >= 4 is 73.9 Å². The minimum Gasteiger partial charge on any atom is -0.482 e. The van der Waals surface area contributed by atoms with E-state index in [9.17, 15) is 22.8 Å². The lowest BCUT2D eigenvalue weighted by Gasteiger charge is -2.13. The van der Waals surface area contributed by atoms with Gasteiger partial charge in [-0.05, 0) is 106 Å². The van der Waals surface area contributed by atoms with E-state index in [-0.39, 0.29) is 29.3 Å². The first-order valence-corrected chi connectivity index (χ1v) is 14.9. The van der Waals surface area contributed by atoms with Crippen molar-refractivity contribution in [3.8, 4) is 17.1 Å². The van der Waals surface area contributed by atoms with Crippen LogP contribution in [0.3, 0.4) is 0 Å². The summed E-state index contributed by atoms with van der Waals surface area (Å²) in [7, 11) is 0. The SMILES string of the molecule is Cc1ccc(NC(=O)COc2c(I)cc(C=Nn3c(-c4cccc(C(F)(F)F)c4)nc4ccccc4c3=O)cc2I)cc1. The molecule has 4 aromatic carbocycles. The molecule has 218 valence electrons. The Morgan fingerprint density at radius 2 is 1.70 bits per heavy atom. The third-order valence-corrected chi connectivity index (χ3v) is 7.83. The molecule has 1 N–H and O–H groups in total. The summed E-state index contributed by atoms with van der Waals surface area (Å²) in [6.45, 7) is 1.76. The van der Waals surface area contributed by atoms with Gasteiger partial charge in [-0.3, -0.25) is 9.59 Å². The molecule has 5 rings (SSSR count). The maximum absolute atomic E-state index is 13.5. The highest BCUT2D eigenvalue weighted by Gasteiger charge is 2.31. The highest BCUT2D eigenvalue weighted by Crippen LogP contribution is 2.32. The molecular formula is C31H21F3I2N4O3. The van der Waals surface area contributed by atoms with Crippen LogP contribution >= 0.6 is 45.2 Å². The normalized spacial score (nSPS) is 11.7. The predicted molar refractivity (Wildman–Crippen MR) is 177 cm³/mol. The lowest BCUT2D eigenvalue weighted by molar-refractivity contribution is -0.137. The molecule has 0 aliphatic heterocycles. The number of benzene rings is 4. The van der Waals surface area contributed by atoms with Crippen LogP contribution in [0.1, 0.15) is 16.7 Å². The molecule has 0 bridgehead atoms. The van der Waals surface area contributed by atoms with Gasteiger partial charge in [0.15, 0.2) is 12.4 Å². The first-order chi connectivity index (χ1) is 20.5. The molecule has 1 aromatic heterocycles. The summed E-state index contributed by atoms with van der Waals surface area (Å²) in [5, 5.41) is 7.41. The summed E-state index contributed by atoms with van der Waals surface area (Å²) in [5.41, 5.74) is 1.37. The maximum Gasteiger partial charge on any atom is 0.416 e. The molecule has 1 amide bonds. The summed E-state index contributed by atoms with van der Waals surface area (Å²) in [6, 6.07) is 22.1. The molecule has 0 aliphatic carbocycles. The van der Waals surface area contributed by atoms with E-state index in [1.807, 2.05) is 31.2 Å². The van der Waals surface area contributed by atoms with Crippen molar-refractivity contribution in [2.45, 2.75) is 13.1 Å². The number of aryl methyl sites for hydroxylation is 1. The highest BCUT2D eigenvalue weighted by atomic mass is 127. The van der Waals surface area contributed by atoms with Crippen LogP contribution < -0.4 is 15.6 Å². The fourth-order valence-corrected chi connectivity index (χ4v) is 6.27. The van der Waals surface area contributed by atoms with E-state index in [0.717, 1.165) is 22.4 Å². The number of nitrogens with zero attached hydrogens (tertiary/aromatic N) is 3. The molecule has 12 heteroatoms. The van der Waals surface area contributed by atoms with Gasteiger partial charge in [0, 0.05) is 11.3 Å². The van der Waals surface area contributed by atoms with E-state index >= 15 is 0 Å². The van der Waals surface area contributed by atoms with Gasteiger partial charge in [0.05, 0.1) is 29.8 Å². The average Bonchev–Trinajstić information content (AvgIpc) is 2.97. The van der Waals surface area contributed by atoms with E-state index in [2.05, 4.69) is 60.6 Å². The van der Waals surface area contributed by atoms with Crippen LogP contribution in [0.15, 0.2) is 94.8 Å². The van der Waals surface area contributed by atoms with Crippen LogP contribution in [-0.2, 0) is 11.0 Å². The number of anilines is 1. The molecule has 1 heterocycles. The second kappa shape index (κ2) is 12.8. The maximum atomic E-state index is 13.5. The summed E-state index contributed by atoms with van der Waals surface area (Å²) >= 11 is 4.15. The quantitative estimate of drug-likeness (QED) is 0.137.